The number of phosphoric ester groups is 2. The van der Waals surface area contributed by atoms with Crippen LogP contribution in [0.4, 0.5) is 0 Å². The normalized spacial score (nSPS) is 13.7. The van der Waals surface area contributed by atoms with Crippen molar-refractivity contribution in [2.45, 2.75) is 509 Å². The van der Waals surface area contributed by atoms with Crippen molar-refractivity contribution in [2.75, 3.05) is 39.6 Å². The van der Waals surface area contributed by atoms with Gasteiger partial charge in [-0.15, -0.1) is 0 Å². The summed E-state index contributed by atoms with van der Waals surface area (Å²) in [5.41, 5.74) is 0. The van der Waals surface area contributed by atoms with Gasteiger partial charge in [0, 0.05) is 25.7 Å². The van der Waals surface area contributed by atoms with Gasteiger partial charge >= 0.3 is 39.5 Å². The smallest absolute Gasteiger partial charge is 0.462 e. The first-order chi connectivity index (χ1) is 53.4. The highest BCUT2D eigenvalue weighted by Crippen LogP contribution is 2.45. The second kappa shape index (κ2) is 82.2. The van der Waals surface area contributed by atoms with Crippen molar-refractivity contribution >= 4 is 39.5 Å². The molecule has 654 valence electrons. The molecule has 19 heteroatoms. The van der Waals surface area contributed by atoms with E-state index in [1.807, 2.05) is 0 Å². The Bertz CT molecular complexity index is 2100. The van der Waals surface area contributed by atoms with Gasteiger partial charge in [-0.3, -0.25) is 37.3 Å². The van der Waals surface area contributed by atoms with Gasteiger partial charge in [-0.25, -0.2) is 9.13 Å². The van der Waals surface area contributed by atoms with Crippen LogP contribution in [0.3, 0.4) is 0 Å². The average Bonchev–Trinajstić information content (AvgIpc) is 0.898. The van der Waals surface area contributed by atoms with Gasteiger partial charge < -0.3 is 33.8 Å². The van der Waals surface area contributed by atoms with E-state index in [-0.39, 0.29) is 25.7 Å². The van der Waals surface area contributed by atoms with Crippen LogP contribution in [0.2, 0.25) is 0 Å². The third kappa shape index (κ3) is 84.0. The number of hydrogen-bond acceptors (Lipinski definition) is 15. The first kappa shape index (κ1) is 108. The first-order valence-electron chi connectivity index (χ1n) is 47.0. The summed E-state index contributed by atoms with van der Waals surface area (Å²) < 4.78 is 69.0. The maximum absolute atomic E-state index is 13.2. The van der Waals surface area contributed by atoms with Gasteiger partial charge in [0.15, 0.2) is 12.2 Å². The van der Waals surface area contributed by atoms with Crippen LogP contribution in [-0.4, -0.2) is 96.7 Å². The second-order valence-corrected chi connectivity index (χ2v) is 36.6. The van der Waals surface area contributed by atoms with Gasteiger partial charge in [0.25, 0.3) is 0 Å². The highest BCUT2D eigenvalue weighted by Gasteiger charge is 2.31. The Morgan fingerprint density at radius 2 is 0.418 bits per heavy atom. The largest absolute Gasteiger partial charge is 0.472 e. The molecule has 0 radical (unpaired) electrons. The van der Waals surface area contributed by atoms with Gasteiger partial charge in [0.05, 0.1) is 26.4 Å². The van der Waals surface area contributed by atoms with E-state index in [1.165, 1.54) is 302 Å². The minimum absolute atomic E-state index is 0.107. The zero-order chi connectivity index (χ0) is 80.6. The predicted octanol–water partition coefficient (Wildman–Crippen LogP) is 28.2. The summed E-state index contributed by atoms with van der Waals surface area (Å²) in [6.07, 6.45) is 76.8. The summed E-state index contributed by atoms with van der Waals surface area (Å²) in [6, 6.07) is 0. The first-order valence-corrected chi connectivity index (χ1v) is 50.0. The molecular weight excluding hydrogens is 1430 g/mol. The lowest BCUT2D eigenvalue weighted by Crippen LogP contribution is -2.30. The third-order valence-electron chi connectivity index (χ3n) is 21.5. The molecule has 0 aromatic rings. The quantitative estimate of drug-likeness (QED) is 0.0222. The Morgan fingerprint density at radius 1 is 0.245 bits per heavy atom. The highest BCUT2D eigenvalue weighted by molar-refractivity contribution is 7.47. The molecule has 0 saturated heterocycles. The molecule has 0 aliphatic rings. The number of esters is 4. The van der Waals surface area contributed by atoms with E-state index in [9.17, 15) is 43.2 Å². The molecule has 0 fully saturated rings. The number of aliphatic hydroxyl groups is 1. The molecule has 0 aliphatic carbocycles. The van der Waals surface area contributed by atoms with Gasteiger partial charge in [-0.1, -0.05) is 440 Å². The van der Waals surface area contributed by atoms with Crippen LogP contribution >= 0.6 is 15.6 Å². The molecule has 0 aliphatic heterocycles. The lowest BCUT2D eigenvalue weighted by Gasteiger charge is -2.21. The topological polar surface area (TPSA) is 237 Å². The van der Waals surface area contributed by atoms with Crippen molar-refractivity contribution in [1.82, 2.24) is 0 Å². The molecule has 2 unspecified atom stereocenters. The zero-order valence-electron chi connectivity index (χ0n) is 72.6. The number of rotatable bonds is 90. The Balaban J connectivity index is 5.20. The number of aliphatic hydroxyl groups excluding tert-OH is 1. The summed E-state index contributed by atoms with van der Waals surface area (Å²) in [4.78, 5) is 73.3. The molecule has 0 rings (SSSR count). The summed E-state index contributed by atoms with van der Waals surface area (Å²) >= 11 is 0. The molecule has 0 spiro atoms. The van der Waals surface area contributed by atoms with Crippen LogP contribution in [-0.2, 0) is 65.4 Å². The molecule has 3 N–H and O–H groups in total. The minimum Gasteiger partial charge on any atom is -0.462 e. The van der Waals surface area contributed by atoms with Crippen molar-refractivity contribution < 1.29 is 80.2 Å². The highest BCUT2D eigenvalue weighted by atomic mass is 31.2. The number of phosphoric acid groups is 2. The molecule has 0 aromatic heterocycles. The number of unbranched alkanes of at least 4 members (excludes halogenated alkanes) is 60. The molecule has 0 bridgehead atoms. The Hall–Kier alpha value is -1.94. The molecule has 17 nitrogen and oxygen atoms in total. The monoisotopic (exact) mass is 1610 g/mol. The average molecular weight is 1610 g/mol. The van der Waals surface area contributed by atoms with Crippen molar-refractivity contribution in [3.8, 4) is 0 Å². The molecule has 0 amide bonds. The fraction of sp³-hybridized carbons (Fsp3) is 0.956. The minimum atomic E-state index is -4.97. The maximum Gasteiger partial charge on any atom is 0.472 e. The van der Waals surface area contributed by atoms with E-state index in [2.05, 4.69) is 41.5 Å². The van der Waals surface area contributed by atoms with Crippen LogP contribution in [0.15, 0.2) is 0 Å². The fourth-order valence-electron chi connectivity index (χ4n) is 14.3. The van der Waals surface area contributed by atoms with Crippen molar-refractivity contribution in [3.05, 3.63) is 0 Å². The molecule has 0 aromatic carbocycles. The SMILES string of the molecule is CCCCCCCCCCCCCCCCCCCCCCCCC(=O)OC[C@H](COP(=O)(O)OC[C@@H](O)COP(=O)(O)OC[C@@H](COC(=O)CCCCCCCCCC(C)C)OC(=O)CCCCCCCCCCCCCCCC(C)C)OC(=O)CCCCCCCCCCCCCCCCCCCCCCCC. The molecule has 0 heterocycles. The standard InChI is InChI=1S/C91H178O17P2/c1-7-9-11-13-15-17-19-21-23-25-27-29-31-33-35-37-41-45-49-55-61-67-73-88(93)101-79-86(107-90(95)75-69-63-56-50-46-42-38-36-34-32-30-28-26-24-22-20-18-16-14-12-10-8-2)81-105-109(97,98)103-77-85(92)78-104-110(99,100)106-82-87(80-102-89(94)74-68-62-58-52-54-60-66-72-84(5)6)108-91(96)76-70-64-57-51-47-43-39-40-44-48-53-59-65-71-83(3)4/h83-87,92H,7-82H2,1-6H3,(H,97,98)(H,99,100)/t85-,86-,87-/m1/s1. The number of carbonyl (C=O) groups excluding carboxylic acids is 4. The fourth-order valence-corrected chi connectivity index (χ4v) is 15.9. The zero-order valence-corrected chi connectivity index (χ0v) is 74.4. The number of hydrogen-bond donors (Lipinski definition) is 3. The van der Waals surface area contributed by atoms with Gasteiger partial charge in [0.1, 0.15) is 19.3 Å². The molecular formula is C91H178O17P2. The Kier molecular flexibility index (Phi) is 80.7. The number of ether oxygens (including phenoxy) is 4. The van der Waals surface area contributed by atoms with E-state index in [0.717, 1.165) is 102 Å². The summed E-state index contributed by atoms with van der Waals surface area (Å²) in [5.74, 6) is -0.609. The third-order valence-corrected chi connectivity index (χ3v) is 23.4. The molecule has 0 saturated carbocycles. The second-order valence-electron chi connectivity index (χ2n) is 33.6. The van der Waals surface area contributed by atoms with Gasteiger partial charge in [-0.05, 0) is 37.5 Å². The van der Waals surface area contributed by atoms with Crippen molar-refractivity contribution in [1.29, 1.82) is 0 Å². The molecule has 110 heavy (non-hydrogen) atoms. The van der Waals surface area contributed by atoms with E-state index < -0.39 is 97.5 Å². The van der Waals surface area contributed by atoms with Crippen LogP contribution in [0.1, 0.15) is 491 Å². The van der Waals surface area contributed by atoms with E-state index >= 15 is 0 Å². The maximum atomic E-state index is 13.2. The predicted molar refractivity (Wildman–Crippen MR) is 455 cm³/mol. The van der Waals surface area contributed by atoms with Crippen molar-refractivity contribution in [3.63, 3.8) is 0 Å². The summed E-state index contributed by atoms with van der Waals surface area (Å²) in [5, 5.41) is 10.7. The van der Waals surface area contributed by atoms with Gasteiger partial charge in [0.2, 0.25) is 0 Å². The number of carbonyl (C=O) groups is 4. The van der Waals surface area contributed by atoms with Gasteiger partial charge in [-0.2, -0.15) is 0 Å². The lowest BCUT2D eigenvalue weighted by atomic mass is 10.0. The van der Waals surface area contributed by atoms with Crippen molar-refractivity contribution in [2.24, 2.45) is 11.8 Å². The van der Waals surface area contributed by atoms with Crippen LogP contribution in [0.5, 0.6) is 0 Å². The van der Waals surface area contributed by atoms with Crippen LogP contribution < -0.4 is 0 Å². The van der Waals surface area contributed by atoms with Crippen LogP contribution in [0.25, 0.3) is 0 Å². The lowest BCUT2D eigenvalue weighted by molar-refractivity contribution is -0.161. The van der Waals surface area contributed by atoms with Crippen LogP contribution in [0, 0.1) is 11.8 Å². The van der Waals surface area contributed by atoms with E-state index in [4.69, 9.17) is 37.0 Å². The molecule has 5 atom stereocenters. The summed E-state index contributed by atoms with van der Waals surface area (Å²) in [6.45, 7) is 9.65. The Labute approximate surface area is 677 Å². The van der Waals surface area contributed by atoms with E-state index in [1.54, 1.807) is 0 Å². The van der Waals surface area contributed by atoms with E-state index in [0.29, 0.717) is 31.6 Å². The summed E-state index contributed by atoms with van der Waals surface area (Å²) in [7, 11) is -9.93. The Morgan fingerprint density at radius 3 is 0.618 bits per heavy atom.